The van der Waals surface area contributed by atoms with Gasteiger partial charge in [-0.3, -0.25) is 9.59 Å². The topological polar surface area (TPSA) is 79.5 Å². The van der Waals surface area contributed by atoms with Crippen molar-refractivity contribution in [2.24, 2.45) is 0 Å². The summed E-state index contributed by atoms with van der Waals surface area (Å²) in [6, 6.07) is 13.9. The molecule has 1 atom stereocenters. The Morgan fingerprint density at radius 2 is 1.71 bits per heavy atom. The zero-order valence-electron chi connectivity index (χ0n) is 13.9. The fraction of sp³-hybridized carbons (Fsp3) is 0.222. The van der Waals surface area contributed by atoms with E-state index in [0.29, 0.717) is 17.1 Å². The number of nitrogens with one attached hydrogen (secondary N) is 3. The number of carbonyl (C=O) groups is 2. The lowest BCUT2D eigenvalue weighted by Crippen LogP contribution is -2.32. The zero-order valence-corrected chi connectivity index (χ0v) is 13.9. The minimum atomic E-state index is -0.470. The molecule has 2 rings (SSSR count). The second-order valence-electron chi connectivity index (χ2n) is 5.32. The molecular weight excluding hydrogens is 306 g/mol. The molecule has 24 heavy (non-hydrogen) atoms. The maximum atomic E-state index is 12.3. The molecule has 0 radical (unpaired) electrons. The van der Waals surface area contributed by atoms with E-state index >= 15 is 0 Å². The molecule has 6 heteroatoms. The molecule has 0 spiro atoms. The molecule has 0 fully saturated rings. The van der Waals surface area contributed by atoms with E-state index in [1.807, 2.05) is 18.2 Å². The Morgan fingerprint density at radius 3 is 2.42 bits per heavy atom. The number of hydrogen-bond donors (Lipinski definition) is 3. The van der Waals surface area contributed by atoms with Crippen LogP contribution in [0.3, 0.4) is 0 Å². The van der Waals surface area contributed by atoms with Gasteiger partial charge in [0.2, 0.25) is 11.8 Å². The third-order valence-corrected chi connectivity index (χ3v) is 3.32. The van der Waals surface area contributed by atoms with Gasteiger partial charge in [0, 0.05) is 18.3 Å². The van der Waals surface area contributed by atoms with Gasteiger partial charge in [0.1, 0.15) is 11.8 Å². The summed E-state index contributed by atoms with van der Waals surface area (Å²) in [6.07, 6.45) is 0. The Bertz CT molecular complexity index is 731. The highest BCUT2D eigenvalue weighted by molar-refractivity contribution is 5.97. The molecule has 0 saturated heterocycles. The van der Waals surface area contributed by atoms with Gasteiger partial charge in [0.15, 0.2) is 0 Å². The number of rotatable bonds is 6. The van der Waals surface area contributed by atoms with Crippen molar-refractivity contribution >= 4 is 28.9 Å². The molecule has 0 heterocycles. The Hall–Kier alpha value is -3.02. The predicted octanol–water partition coefficient (Wildman–Crippen LogP) is 3.09. The van der Waals surface area contributed by atoms with Crippen LogP contribution < -0.4 is 20.7 Å². The average molecular weight is 327 g/mol. The van der Waals surface area contributed by atoms with Crippen molar-refractivity contribution in [2.75, 3.05) is 23.1 Å². The van der Waals surface area contributed by atoms with Crippen LogP contribution in [0.25, 0.3) is 0 Å². The quantitative estimate of drug-likeness (QED) is 0.762. The van der Waals surface area contributed by atoms with E-state index in [9.17, 15) is 9.59 Å². The summed E-state index contributed by atoms with van der Waals surface area (Å²) in [5.74, 6) is 0.268. The summed E-state index contributed by atoms with van der Waals surface area (Å²) >= 11 is 0. The summed E-state index contributed by atoms with van der Waals surface area (Å²) in [5, 5.41) is 8.65. The molecule has 126 valence electrons. The van der Waals surface area contributed by atoms with Crippen LogP contribution in [0.1, 0.15) is 13.8 Å². The van der Waals surface area contributed by atoms with Crippen molar-refractivity contribution in [3.63, 3.8) is 0 Å². The van der Waals surface area contributed by atoms with E-state index in [-0.39, 0.29) is 11.8 Å². The summed E-state index contributed by atoms with van der Waals surface area (Å²) in [5.41, 5.74) is 2.03. The number of hydrogen-bond acceptors (Lipinski definition) is 4. The van der Waals surface area contributed by atoms with E-state index < -0.39 is 6.04 Å². The van der Waals surface area contributed by atoms with Crippen LogP contribution in [0.2, 0.25) is 0 Å². The molecular formula is C18H21N3O3. The lowest BCUT2D eigenvalue weighted by molar-refractivity contribution is -0.116. The number of carbonyl (C=O) groups excluding carboxylic acids is 2. The normalized spacial score (nSPS) is 11.3. The average Bonchev–Trinajstić information content (AvgIpc) is 2.55. The minimum Gasteiger partial charge on any atom is -0.495 e. The van der Waals surface area contributed by atoms with Crippen molar-refractivity contribution in [1.29, 1.82) is 0 Å². The number of anilines is 3. The first-order valence-electron chi connectivity index (χ1n) is 7.57. The molecule has 0 bridgehead atoms. The minimum absolute atomic E-state index is 0.144. The Balaban J connectivity index is 2.02. The number of amides is 2. The van der Waals surface area contributed by atoms with Gasteiger partial charge in [-0.2, -0.15) is 0 Å². The third-order valence-electron chi connectivity index (χ3n) is 3.32. The molecule has 6 nitrogen and oxygen atoms in total. The van der Waals surface area contributed by atoms with Crippen molar-refractivity contribution in [3.8, 4) is 5.75 Å². The van der Waals surface area contributed by atoms with Gasteiger partial charge >= 0.3 is 0 Å². The smallest absolute Gasteiger partial charge is 0.246 e. The van der Waals surface area contributed by atoms with Gasteiger partial charge in [0.25, 0.3) is 0 Å². The number of benzene rings is 2. The van der Waals surface area contributed by atoms with Crippen LogP contribution in [0, 0.1) is 0 Å². The molecule has 0 aliphatic carbocycles. The third kappa shape index (κ3) is 4.74. The van der Waals surface area contributed by atoms with Crippen molar-refractivity contribution in [3.05, 3.63) is 48.5 Å². The molecule has 0 aliphatic heterocycles. The highest BCUT2D eigenvalue weighted by Crippen LogP contribution is 2.23. The maximum absolute atomic E-state index is 12.3. The van der Waals surface area contributed by atoms with Crippen LogP contribution in [-0.2, 0) is 9.59 Å². The largest absolute Gasteiger partial charge is 0.495 e. The summed E-state index contributed by atoms with van der Waals surface area (Å²) < 4.78 is 5.22. The summed E-state index contributed by atoms with van der Waals surface area (Å²) in [7, 11) is 1.56. The summed E-state index contributed by atoms with van der Waals surface area (Å²) in [4.78, 5) is 23.5. The molecule has 0 unspecified atom stereocenters. The van der Waals surface area contributed by atoms with E-state index in [4.69, 9.17) is 4.74 Å². The number of ether oxygens (including phenoxy) is 1. The highest BCUT2D eigenvalue weighted by Gasteiger charge is 2.14. The fourth-order valence-corrected chi connectivity index (χ4v) is 2.19. The molecule has 0 saturated carbocycles. The van der Waals surface area contributed by atoms with Crippen molar-refractivity contribution in [2.45, 2.75) is 19.9 Å². The second kappa shape index (κ2) is 8.01. The van der Waals surface area contributed by atoms with Crippen LogP contribution in [0.5, 0.6) is 5.75 Å². The standard InChI is InChI=1S/C18H21N3O3/c1-12(18(23)21-16-9-4-5-10-17(16)24-3)19-14-7-6-8-15(11-14)20-13(2)22/h4-12,19H,1-3H3,(H,20,22)(H,21,23)/t12-/m0/s1. The Kier molecular flexibility index (Phi) is 5.78. The monoisotopic (exact) mass is 327 g/mol. The van der Waals surface area contributed by atoms with E-state index in [0.717, 1.165) is 5.69 Å². The van der Waals surface area contributed by atoms with E-state index in [1.54, 1.807) is 44.4 Å². The van der Waals surface area contributed by atoms with Gasteiger partial charge in [0.05, 0.1) is 12.8 Å². The summed E-state index contributed by atoms with van der Waals surface area (Å²) in [6.45, 7) is 3.21. The first-order valence-corrected chi connectivity index (χ1v) is 7.57. The number of para-hydroxylation sites is 2. The first-order chi connectivity index (χ1) is 11.5. The molecule has 2 aromatic carbocycles. The van der Waals surface area contributed by atoms with Crippen molar-refractivity contribution in [1.82, 2.24) is 0 Å². The zero-order chi connectivity index (χ0) is 17.5. The second-order valence-corrected chi connectivity index (χ2v) is 5.32. The molecule has 0 aliphatic rings. The van der Waals surface area contributed by atoms with Gasteiger partial charge in [-0.25, -0.2) is 0 Å². The predicted molar refractivity (Wildman–Crippen MR) is 95.5 cm³/mol. The molecule has 2 amide bonds. The first kappa shape index (κ1) is 17.3. The van der Waals surface area contributed by atoms with Crippen LogP contribution in [0.4, 0.5) is 17.1 Å². The molecule has 2 aromatic rings. The van der Waals surface area contributed by atoms with Crippen LogP contribution in [-0.4, -0.2) is 25.0 Å². The Morgan fingerprint density at radius 1 is 1.00 bits per heavy atom. The molecule has 0 aromatic heterocycles. The van der Waals surface area contributed by atoms with Crippen molar-refractivity contribution < 1.29 is 14.3 Å². The lowest BCUT2D eigenvalue weighted by Gasteiger charge is -2.17. The maximum Gasteiger partial charge on any atom is 0.246 e. The van der Waals surface area contributed by atoms with Gasteiger partial charge in [-0.1, -0.05) is 18.2 Å². The number of methoxy groups -OCH3 is 1. The van der Waals surface area contributed by atoms with E-state index in [1.165, 1.54) is 6.92 Å². The highest BCUT2D eigenvalue weighted by atomic mass is 16.5. The van der Waals surface area contributed by atoms with Crippen LogP contribution in [0.15, 0.2) is 48.5 Å². The van der Waals surface area contributed by atoms with Crippen LogP contribution >= 0.6 is 0 Å². The van der Waals surface area contributed by atoms with Gasteiger partial charge in [-0.05, 0) is 37.3 Å². The molecule has 3 N–H and O–H groups in total. The van der Waals surface area contributed by atoms with Gasteiger partial charge in [-0.15, -0.1) is 0 Å². The van der Waals surface area contributed by atoms with Gasteiger partial charge < -0.3 is 20.7 Å². The van der Waals surface area contributed by atoms with E-state index in [2.05, 4.69) is 16.0 Å². The SMILES string of the molecule is COc1ccccc1NC(=O)[C@H](C)Nc1cccc(NC(C)=O)c1. The Labute approximate surface area is 141 Å². The lowest BCUT2D eigenvalue weighted by atomic mass is 10.2. The fourth-order valence-electron chi connectivity index (χ4n) is 2.19.